The van der Waals surface area contributed by atoms with Gasteiger partial charge in [0.05, 0.1) is 6.54 Å². The number of carbonyl (C=O) groups excluding carboxylic acids is 1. The quantitative estimate of drug-likeness (QED) is 0.776. The number of nitrogens with one attached hydrogen (secondary N) is 1. The van der Waals surface area contributed by atoms with Crippen LogP contribution in [0, 0.1) is 0 Å². The summed E-state index contributed by atoms with van der Waals surface area (Å²) in [5, 5.41) is 3.36. The number of hydrogen-bond acceptors (Lipinski definition) is 4. The summed E-state index contributed by atoms with van der Waals surface area (Å²) in [5.74, 6) is -0.145. The highest BCUT2D eigenvalue weighted by molar-refractivity contribution is 5.72. The van der Waals surface area contributed by atoms with Crippen molar-refractivity contribution in [1.82, 2.24) is 10.2 Å². The van der Waals surface area contributed by atoms with Crippen LogP contribution in [0.2, 0.25) is 0 Å². The van der Waals surface area contributed by atoms with Gasteiger partial charge in [0.25, 0.3) is 0 Å². The van der Waals surface area contributed by atoms with E-state index in [9.17, 15) is 4.79 Å². The number of esters is 1. The van der Waals surface area contributed by atoms with E-state index in [0.29, 0.717) is 24.7 Å². The second kappa shape index (κ2) is 5.17. The Bertz CT molecular complexity index is 297. The predicted molar refractivity (Wildman–Crippen MR) is 71.4 cm³/mol. The maximum absolute atomic E-state index is 11.6. The number of carbonyl (C=O) groups is 1. The van der Waals surface area contributed by atoms with Crippen LogP contribution in [0.1, 0.15) is 46.5 Å². The van der Waals surface area contributed by atoms with Gasteiger partial charge in [-0.3, -0.25) is 4.79 Å². The van der Waals surface area contributed by atoms with E-state index >= 15 is 0 Å². The number of piperidine rings is 1. The summed E-state index contributed by atoms with van der Waals surface area (Å²) in [7, 11) is 2.23. The van der Waals surface area contributed by atoms with Crippen LogP contribution in [-0.4, -0.2) is 48.2 Å². The van der Waals surface area contributed by atoms with Gasteiger partial charge in [0.2, 0.25) is 0 Å². The molecule has 2 aliphatic heterocycles. The fourth-order valence-corrected chi connectivity index (χ4v) is 3.18. The van der Waals surface area contributed by atoms with Crippen molar-refractivity contribution >= 4 is 5.97 Å². The smallest absolute Gasteiger partial charge is 0.320 e. The van der Waals surface area contributed by atoms with Crippen LogP contribution in [0.15, 0.2) is 0 Å². The molecule has 0 spiro atoms. The summed E-state index contributed by atoms with van der Waals surface area (Å²) in [6, 6.07) is 1.89. The lowest BCUT2D eigenvalue weighted by Gasteiger charge is -2.36. The Hall–Kier alpha value is -0.610. The minimum Gasteiger partial charge on any atom is -0.459 e. The molecule has 0 aliphatic carbocycles. The zero-order chi connectivity index (χ0) is 13.3. The highest BCUT2D eigenvalue weighted by Gasteiger charge is 2.38. The fraction of sp³-hybridized carbons (Fsp3) is 0.929. The average Bonchev–Trinajstić information content (AvgIpc) is 2.50. The minimum atomic E-state index is -0.384. The Kier molecular flexibility index (Phi) is 3.97. The van der Waals surface area contributed by atoms with Crippen LogP contribution in [0.25, 0.3) is 0 Å². The molecule has 2 rings (SSSR count). The van der Waals surface area contributed by atoms with Gasteiger partial charge in [-0.15, -0.1) is 0 Å². The Balaban J connectivity index is 1.74. The van der Waals surface area contributed by atoms with E-state index in [1.807, 2.05) is 20.8 Å². The number of ether oxygens (including phenoxy) is 1. The minimum absolute atomic E-state index is 0.145. The normalized spacial score (nSPS) is 32.6. The molecular weight excluding hydrogens is 228 g/mol. The topological polar surface area (TPSA) is 41.6 Å². The van der Waals surface area contributed by atoms with Crippen LogP contribution in [-0.2, 0) is 9.53 Å². The van der Waals surface area contributed by atoms with Crippen molar-refractivity contribution in [2.75, 3.05) is 13.6 Å². The monoisotopic (exact) mass is 254 g/mol. The standard InChI is InChI=1S/C14H26N2O2/c1-14(2,3)18-13(17)9-15-10-7-11-5-6-12(8-10)16(11)4/h10-12,15H,5-9H2,1-4H3. The Labute approximate surface area is 110 Å². The molecule has 2 unspecified atom stereocenters. The van der Waals surface area contributed by atoms with Gasteiger partial charge in [-0.1, -0.05) is 0 Å². The van der Waals surface area contributed by atoms with Gasteiger partial charge in [0, 0.05) is 18.1 Å². The van der Waals surface area contributed by atoms with Crippen LogP contribution in [0.4, 0.5) is 0 Å². The van der Waals surface area contributed by atoms with Crippen LogP contribution < -0.4 is 5.32 Å². The molecule has 1 N–H and O–H groups in total. The van der Waals surface area contributed by atoms with E-state index in [-0.39, 0.29) is 11.6 Å². The third-order valence-corrected chi connectivity index (χ3v) is 4.05. The molecule has 2 atom stereocenters. The summed E-state index contributed by atoms with van der Waals surface area (Å²) in [4.78, 5) is 14.2. The largest absolute Gasteiger partial charge is 0.459 e. The Morgan fingerprint density at radius 2 is 1.83 bits per heavy atom. The molecule has 4 nitrogen and oxygen atoms in total. The summed E-state index contributed by atoms with van der Waals surface area (Å²) >= 11 is 0. The first-order valence-corrected chi connectivity index (χ1v) is 7.02. The highest BCUT2D eigenvalue weighted by atomic mass is 16.6. The third kappa shape index (κ3) is 3.45. The van der Waals surface area contributed by atoms with Gasteiger partial charge in [-0.05, 0) is 53.5 Å². The van der Waals surface area contributed by atoms with Crippen molar-refractivity contribution in [3.63, 3.8) is 0 Å². The van der Waals surface area contributed by atoms with Gasteiger partial charge in [0.15, 0.2) is 0 Å². The molecule has 104 valence electrons. The SMILES string of the molecule is CN1C2CCC1CC(NCC(=O)OC(C)(C)C)C2. The number of rotatable bonds is 3. The first-order valence-electron chi connectivity index (χ1n) is 7.02. The van der Waals surface area contributed by atoms with Gasteiger partial charge in [-0.25, -0.2) is 0 Å². The zero-order valence-corrected chi connectivity index (χ0v) is 12.0. The highest BCUT2D eigenvalue weighted by Crippen LogP contribution is 2.34. The van der Waals surface area contributed by atoms with E-state index in [1.54, 1.807) is 0 Å². The molecule has 0 radical (unpaired) electrons. The van der Waals surface area contributed by atoms with Crippen molar-refractivity contribution < 1.29 is 9.53 Å². The summed E-state index contributed by atoms with van der Waals surface area (Å²) < 4.78 is 5.31. The first-order chi connectivity index (χ1) is 8.35. The molecular formula is C14H26N2O2. The van der Waals surface area contributed by atoms with Gasteiger partial charge in [-0.2, -0.15) is 0 Å². The molecule has 4 heteroatoms. The lowest BCUT2D eigenvalue weighted by Crippen LogP contribution is -2.48. The molecule has 0 amide bonds. The summed E-state index contributed by atoms with van der Waals surface area (Å²) in [6.45, 7) is 6.05. The van der Waals surface area contributed by atoms with Crippen molar-refractivity contribution in [2.45, 2.75) is 70.2 Å². The van der Waals surface area contributed by atoms with Crippen LogP contribution in [0.3, 0.4) is 0 Å². The van der Waals surface area contributed by atoms with Crippen LogP contribution in [0.5, 0.6) is 0 Å². The van der Waals surface area contributed by atoms with Crippen molar-refractivity contribution in [3.05, 3.63) is 0 Å². The predicted octanol–water partition coefficient (Wildman–Crippen LogP) is 1.54. The molecule has 2 saturated heterocycles. The maximum Gasteiger partial charge on any atom is 0.320 e. The second-order valence-electron chi connectivity index (χ2n) is 6.69. The lowest BCUT2D eigenvalue weighted by atomic mass is 9.98. The third-order valence-electron chi connectivity index (χ3n) is 4.05. The number of fused-ring (bicyclic) bond motifs is 2. The number of hydrogen-bond donors (Lipinski definition) is 1. The first kappa shape index (κ1) is 13.8. The average molecular weight is 254 g/mol. The summed E-state index contributed by atoms with van der Waals surface area (Å²) in [6.07, 6.45) is 4.95. The molecule has 2 fully saturated rings. The van der Waals surface area contributed by atoms with Gasteiger partial charge in [0.1, 0.15) is 5.60 Å². The fourth-order valence-electron chi connectivity index (χ4n) is 3.18. The van der Waals surface area contributed by atoms with Crippen molar-refractivity contribution in [3.8, 4) is 0 Å². The van der Waals surface area contributed by atoms with E-state index < -0.39 is 0 Å². The zero-order valence-electron chi connectivity index (χ0n) is 12.0. The maximum atomic E-state index is 11.6. The molecule has 2 heterocycles. The van der Waals surface area contributed by atoms with Gasteiger partial charge >= 0.3 is 5.97 Å². The molecule has 18 heavy (non-hydrogen) atoms. The molecule has 0 saturated carbocycles. The Morgan fingerprint density at radius 3 is 2.33 bits per heavy atom. The molecule has 2 aliphatic rings. The second-order valence-corrected chi connectivity index (χ2v) is 6.69. The molecule has 0 aromatic rings. The van der Waals surface area contributed by atoms with E-state index in [4.69, 9.17) is 4.74 Å². The number of nitrogens with zero attached hydrogens (tertiary/aromatic N) is 1. The van der Waals surface area contributed by atoms with E-state index in [1.165, 1.54) is 12.8 Å². The van der Waals surface area contributed by atoms with E-state index in [0.717, 1.165) is 12.8 Å². The lowest BCUT2D eigenvalue weighted by molar-refractivity contribution is -0.153. The van der Waals surface area contributed by atoms with E-state index in [2.05, 4.69) is 17.3 Å². The van der Waals surface area contributed by atoms with Crippen molar-refractivity contribution in [1.29, 1.82) is 0 Å². The van der Waals surface area contributed by atoms with Crippen LogP contribution >= 0.6 is 0 Å². The molecule has 2 bridgehead atoms. The van der Waals surface area contributed by atoms with Gasteiger partial charge < -0.3 is 15.0 Å². The van der Waals surface area contributed by atoms with Crippen molar-refractivity contribution in [2.24, 2.45) is 0 Å². The Morgan fingerprint density at radius 1 is 1.28 bits per heavy atom. The molecule has 0 aromatic carbocycles. The molecule has 0 aromatic heterocycles. The summed E-state index contributed by atoms with van der Waals surface area (Å²) in [5.41, 5.74) is -0.384.